The molecule has 2 aromatic carbocycles. The summed E-state index contributed by atoms with van der Waals surface area (Å²) in [5.41, 5.74) is 2.05. The summed E-state index contributed by atoms with van der Waals surface area (Å²) in [6.07, 6.45) is 0. The van der Waals surface area contributed by atoms with Crippen molar-refractivity contribution in [3.8, 4) is 0 Å². The van der Waals surface area contributed by atoms with E-state index in [1.165, 1.54) is 11.3 Å². The number of hydrogen-bond acceptors (Lipinski definition) is 5. The number of benzene rings is 2. The molecule has 2 aromatic heterocycles. The van der Waals surface area contributed by atoms with Crippen molar-refractivity contribution in [1.29, 1.82) is 0 Å². The van der Waals surface area contributed by atoms with Gasteiger partial charge in [-0.15, -0.1) is 22.7 Å². The number of nitrogens with zero attached hydrogens (tertiary/aromatic N) is 2. The molecule has 2 heterocycles. The predicted molar refractivity (Wildman–Crippen MR) is 119 cm³/mol. The van der Waals surface area contributed by atoms with Gasteiger partial charge in [0.2, 0.25) is 0 Å². The van der Waals surface area contributed by atoms with Gasteiger partial charge in [-0.1, -0.05) is 24.3 Å². The molecule has 146 valence electrons. The fraction of sp³-hybridized carbons (Fsp3) is 0.136. The van der Waals surface area contributed by atoms with Crippen LogP contribution in [0.3, 0.4) is 0 Å². The van der Waals surface area contributed by atoms with Crippen molar-refractivity contribution in [1.82, 2.24) is 9.88 Å². The highest BCUT2D eigenvalue weighted by Gasteiger charge is 2.22. The zero-order valence-electron chi connectivity index (χ0n) is 16.0. The Balaban J connectivity index is 1.51. The highest BCUT2D eigenvalue weighted by Crippen LogP contribution is 2.29. The lowest BCUT2D eigenvalue weighted by molar-refractivity contribution is 0.0742. The van der Waals surface area contributed by atoms with E-state index in [2.05, 4.69) is 10.3 Å². The van der Waals surface area contributed by atoms with Crippen LogP contribution in [0.15, 0.2) is 66.0 Å². The molecule has 4 aromatic rings. The lowest BCUT2D eigenvalue weighted by Gasteiger charge is -2.23. The molecule has 0 aliphatic rings. The SMILES string of the molecule is C[C@H](c1nc2ccccc2s1)N(C)C(=O)c1cccc(NC(=O)c2cccs2)c1. The van der Waals surface area contributed by atoms with Gasteiger partial charge in [0.1, 0.15) is 5.01 Å². The summed E-state index contributed by atoms with van der Waals surface area (Å²) in [7, 11) is 1.77. The Hall–Kier alpha value is -3.03. The number of nitrogens with one attached hydrogen (secondary N) is 1. The Kier molecular flexibility index (Phi) is 5.42. The van der Waals surface area contributed by atoms with Crippen LogP contribution in [0.2, 0.25) is 0 Å². The molecule has 0 bridgehead atoms. The van der Waals surface area contributed by atoms with Crippen molar-refractivity contribution in [3.05, 3.63) is 81.5 Å². The molecule has 4 rings (SSSR count). The molecule has 7 heteroatoms. The summed E-state index contributed by atoms with van der Waals surface area (Å²) in [6.45, 7) is 1.97. The monoisotopic (exact) mass is 421 g/mol. The van der Waals surface area contributed by atoms with E-state index in [0.29, 0.717) is 16.1 Å². The number of anilines is 1. The second-order valence-electron chi connectivity index (χ2n) is 6.62. The Bertz CT molecular complexity index is 1130. The van der Waals surface area contributed by atoms with Crippen LogP contribution < -0.4 is 5.32 Å². The van der Waals surface area contributed by atoms with Gasteiger partial charge < -0.3 is 10.2 Å². The van der Waals surface area contributed by atoms with Crippen LogP contribution in [0.25, 0.3) is 10.2 Å². The van der Waals surface area contributed by atoms with E-state index in [1.54, 1.807) is 53.6 Å². The van der Waals surface area contributed by atoms with Gasteiger partial charge in [-0.25, -0.2) is 4.98 Å². The van der Waals surface area contributed by atoms with E-state index >= 15 is 0 Å². The Morgan fingerprint density at radius 3 is 2.66 bits per heavy atom. The number of carbonyl (C=O) groups is 2. The minimum Gasteiger partial charge on any atom is -0.333 e. The summed E-state index contributed by atoms with van der Waals surface area (Å²) < 4.78 is 1.11. The lowest BCUT2D eigenvalue weighted by Crippen LogP contribution is -2.29. The normalized spacial score (nSPS) is 11.9. The zero-order chi connectivity index (χ0) is 20.4. The Morgan fingerprint density at radius 1 is 1.07 bits per heavy atom. The summed E-state index contributed by atoms with van der Waals surface area (Å²) in [4.78, 5) is 32.3. The number of amides is 2. The number of para-hydroxylation sites is 1. The van der Waals surface area contributed by atoms with Gasteiger partial charge in [0.25, 0.3) is 11.8 Å². The Labute approximate surface area is 176 Å². The molecule has 1 N–H and O–H groups in total. The van der Waals surface area contributed by atoms with Gasteiger partial charge in [-0.2, -0.15) is 0 Å². The molecule has 0 spiro atoms. The number of aromatic nitrogens is 1. The van der Waals surface area contributed by atoms with Crippen LogP contribution >= 0.6 is 22.7 Å². The van der Waals surface area contributed by atoms with Crippen molar-refractivity contribution in [3.63, 3.8) is 0 Å². The third kappa shape index (κ3) is 4.06. The summed E-state index contributed by atoms with van der Waals surface area (Å²) >= 11 is 2.97. The molecule has 0 aliphatic carbocycles. The highest BCUT2D eigenvalue weighted by atomic mass is 32.1. The molecule has 5 nitrogen and oxygen atoms in total. The molecule has 1 atom stereocenters. The molecule has 0 radical (unpaired) electrons. The van der Waals surface area contributed by atoms with Gasteiger partial charge in [0.15, 0.2) is 0 Å². The lowest BCUT2D eigenvalue weighted by atomic mass is 10.1. The first-order valence-corrected chi connectivity index (χ1v) is 10.8. The van der Waals surface area contributed by atoms with Crippen LogP contribution in [-0.2, 0) is 0 Å². The summed E-state index contributed by atoms with van der Waals surface area (Å²) in [6, 6.07) is 18.4. The van der Waals surface area contributed by atoms with Crippen LogP contribution in [0, 0.1) is 0 Å². The van der Waals surface area contributed by atoms with E-state index in [0.717, 1.165) is 15.2 Å². The number of thiophene rings is 1. The number of thiazole rings is 1. The average molecular weight is 422 g/mol. The van der Waals surface area contributed by atoms with Crippen LogP contribution in [0.4, 0.5) is 5.69 Å². The first-order chi connectivity index (χ1) is 14.0. The highest BCUT2D eigenvalue weighted by molar-refractivity contribution is 7.18. The maximum Gasteiger partial charge on any atom is 0.265 e. The van der Waals surface area contributed by atoms with Gasteiger partial charge in [-0.05, 0) is 48.7 Å². The van der Waals surface area contributed by atoms with Gasteiger partial charge in [-0.3, -0.25) is 9.59 Å². The first-order valence-electron chi connectivity index (χ1n) is 9.10. The third-order valence-corrected chi connectivity index (χ3v) is 6.76. The molecule has 29 heavy (non-hydrogen) atoms. The Morgan fingerprint density at radius 2 is 1.90 bits per heavy atom. The largest absolute Gasteiger partial charge is 0.333 e. The van der Waals surface area contributed by atoms with Gasteiger partial charge in [0, 0.05) is 18.3 Å². The standard InChI is InChI=1S/C22H19N3O2S2/c1-14(21-24-17-9-3-4-10-18(17)29-21)25(2)22(27)15-7-5-8-16(13-15)23-20(26)19-11-6-12-28-19/h3-14H,1-2H3,(H,23,26)/t14-/m1/s1. The van der Waals surface area contributed by atoms with Gasteiger partial charge >= 0.3 is 0 Å². The smallest absolute Gasteiger partial charge is 0.265 e. The van der Waals surface area contributed by atoms with E-state index in [9.17, 15) is 9.59 Å². The first kappa shape index (κ1) is 19.3. The van der Waals surface area contributed by atoms with Crippen molar-refractivity contribution in [2.24, 2.45) is 0 Å². The number of rotatable bonds is 5. The summed E-state index contributed by atoms with van der Waals surface area (Å²) in [5, 5.41) is 5.59. The molecule has 0 fully saturated rings. The fourth-order valence-electron chi connectivity index (χ4n) is 2.94. The molecular weight excluding hydrogens is 402 g/mol. The van der Waals surface area contributed by atoms with E-state index in [-0.39, 0.29) is 17.9 Å². The number of carbonyl (C=O) groups excluding carboxylic acids is 2. The quantitative estimate of drug-likeness (QED) is 0.466. The van der Waals surface area contributed by atoms with Gasteiger partial charge in [0.05, 0.1) is 21.1 Å². The van der Waals surface area contributed by atoms with Crippen molar-refractivity contribution < 1.29 is 9.59 Å². The second-order valence-corrected chi connectivity index (χ2v) is 8.63. The fourth-order valence-corrected chi connectivity index (χ4v) is 4.63. The van der Waals surface area contributed by atoms with Crippen molar-refractivity contribution >= 4 is 50.4 Å². The minimum absolute atomic E-state index is 0.121. The maximum absolute atomic E-state index is 13.0. The van der Waals surface area contributed by atoms with E-state index in [1.807, 2.05) is 42.6 Å². The van der Waals surface area contributed by atoms with Crippen molar-refractivity contribution in [2.75, 3.05) is 12.4 Å². The predicted octanol–water partition coefficient (Wildman–Crippen LogP) is 5.44. The van der Waals surface area contributed by atoms with E-state index in [4.69, 9.17) is 0 Å². The van der Waals surface area contributed by atoms with Crippen LogP contribution in [0.5, 0.6) is 0 Å². The number of hydrogen-bond donors (Lipinski definition) is 1. The molecule has 0 aliphatic heterocycles. The molecule has 0 unspecified atom stereocenters. The van der Waals surface area contributed by atoms with Crippen LogP contribution in [0.1, 0.15) is 38.0 Å². The average Bonchev–Trinajstić information content (AvgIpc) is 3.42. The molecular formula is C22H19N3O2S2. The molecule has 0 saturated heterocycles. The van der Waals surface area contributed by atoms with Crippen molar-refractivity contribution in [2.45, 2.75) is 13.0 Å². The third-order valence-electron chi connectivity index (χ3n) is 4.68. The van der Waals surface area contributed by atoms with Crippen LogP contribution in [-0.4, -0.2) is 28.7 Å². The zero-order valence-corrected chi connectivity index (χ0v) is 17.6. The number of fused-ring (bicyclic) bond motifs is 1. The minimum atomic E-state index is -0.180. The second kappa shape index (κ2) is 8.14. The molecule has 2 amide bonds. The maximum atomic E-state index is 13.0. The van der Waals surface area contributed by atoms with E-state index < -0.39 is 0 Å². The topological polar surface area (TPSA) is 62.3 Å². The molecule has 0 saturated carbocycles. The summed E-state index contributed by atoms with van der Waals surface area (Å²) in [5.74, 6) is -0.301.